The molecule has 2 aromatic rings. The average molecular weight is 403 g/mol. The molecule has 1 aliphatic rings. The Labute approximate surface area is 166 Å². The molecule has 0 spiro atoms. The number of carbonyl (C=O) groups is 1. The van der Waals surface area contributed by atoms with Crippen molar-refractivity contribution >= 4 is 21.6 Å². The van der Waals surface area contributed by atoms with E-state index in [1.165, 1.54) is 0 Å². The second-order valence-electron chi connectivity index (χ2n) is 7.06. The van der Waals surface area contributed by atoms with Crippen molar-refractivity contribution in [2.24, 2.45) is 0 Å². The van der Waals surface area contributed by atoms with Gasteiger partial charge in [0.25, 0.3) is 0 Å². The Bertz CT molecular complexity index is 908. The van der Waals surface area contributed by atoms with E-state index in [2.05, 4.69) is 5.32 Å². The predicted molar refractivity (Wildman–Crippen MR) is 109 cm³/mol. The van der Waals surface area contributed by atoms with Gasteiger partial charge in [0.05, 0.1) is 18.4 Å². The van der Waals surface area contributed by atoms with Gasteiger partial charge in [0.15, 0.2) is 0 Å². The summed E-state index contributed by atoms with van der Waals surface area (Å²) in [4.78, 5) is 12.5. The number of methoxy groups -OCH3 is 1. The highest BCUT2D eigenvalue weighted by Gasteiger charge is 2.30. The van der Waals surface area contributed by atoms with Crippen LogP contribution >= 0.6 is 0 Å². The van der Waals surface area contributed by atoms with E-state index in [4.69, 9.17) is 4.74 Å². The molecule has 1 fully saturated rings. The summed E-state index contributed by atoms with van der Waals surface area (Å²) in [5, 5.41) is 2.81. The Kier molecular flexibility index (Phi) is 6.36. The number of hydrogen-bond acceptors (Lipinski definition) is 4. The molecular formula is C21H26N2O4S. The third-order valence-corrected chi connectivity index (χ3v) is 7.04. The molecule has 0 bridgehead atoms. The largest absolute Gasteiger partial charge is 0.497 e. The number of rotatable bonds is 6. The lowest BCUT2D eigenvalue weighted by molar-refractivity contribution is -0.115. The zero-order valence-corrected chi connectivity index (χ0v) is 17.0. The number of benzene rings is 2. The number of nitrogens with zero attached hydrogens (tertiary/aromatic N) is 1. The van der Waals surface area contributed by atoms with Crippen molar-refractivity contribution in [3.63, 3.8) is 0 Å². The van der Waals surface area contributed by atoms with E-state index >= 15 is 0 Å². The second-order valence-corrected chi connectivity index (χ2v) is 8.95. The molecule has 1 aliphatic heterocycles. The first-order valence-electron chi connectivity index (χ1n) is 9.45. The smallest absolute Gasteiger partial charge is 0.243 e. The van der Waals surface area contributed by atoms with Crippen LogP contribution in [0.25, 0.3) is 0 Å². The molecule has 2 aromatic carbocycles. The van der Waals surface area contributed by atoms with Crippen LogP contribution < -0.4 is 10.1 Å². The zero-order chi connectivity index (χ0) is 20.1. The fourth-order valence-corrected chi connectivity index (χ4v) is 5.11. The highest BCUT2D eigenvalue weighted by atomic mass is 32.2. The van der Waals surface area contributed by atoms with Crippen molar-refractivity contribution in [1.82, 2.24) is 4.31 Å². The van der Waals surface area contributed by atoms with Crippen molar-refractivity contribution in [3.8, 4) is 5.75 Å². The fourth-order valence-electron chi connectivity index (χ4n) is 3.41. The number of anilines is 1. The van der Waals surface area contributed by atoms with Gasteiger partial charge in [0.1, 0.15) is 5.75 Å². The summed E-state index contributed by atoms with van der Waals surface area (Å²) in [6.07, 6.45) is 3.07. The summed E-state index contributed by atoms with van der Waals surface area (Å²) in [5.41, 5.74) is 1.45. The molecule has 1 N–H and O–H groups in total. The standard InChI is InChI=1S/C21H26N2O4S/c1-16-5-3-4-14-23(16)28(25,26)20-12-8-18(9-13-20)22-21(24)15-17-6-10-19(27-2)11-7-17/h6-13,16H,3-5,14-15H2,1-2H3,(H,22,24). The predicted octanol–water partition coefficient (Wildman–Crippen LogP) is 3.44. The average Bonchev–Trinajstić information content (AvgIpc) is 2.69. The molecular weight excluding hydrogens is 376 g/mol. The number of sulfonamides is 1. The Balaban J connectivity index is 1.64. The van der Waals surface area contributed by atoms with Crippen LogP contribution in [0.4, 0.5) is 5.69 Å². The summed E-state index contributed by atoms with van der Waals surface area (Å²) >= 11 is 0. The summed E-state index contributed by atoms with van der Waals surface area (Å²) in [6.45, 7) is 2.51. The molecule has 28 heavy (non-hydrogen) atoms. The van der Waals surface area contributed by atoms with Gasteiger partial charge >= 0.3 is 0 Å². The van der Waals surface area contributed by atoms with Gasteiger partial charge in [-0.1, -0.05) is 18.6 Å². The van der Waals surface area contributed by atoms with E-state index in [1.54, 1.807) is 35.7 Å². The molecule has 1 unspecified atom stereocenters. The van der Waals surface area contributed by atoms with Gasteiger partial charge in [-0.15, -0.1) is 0 Å². The monoisotopic (exact) mass is 402 g/mol. The molecule has 1 saturated heterocycles. The summed E-state index contributed by atoms with van der Waals surface area (Å²) in [6, 6.07) is 13.7. The fraction of sp³-hybridized carbons (Fsp3) is 0.381. The third-order valence-electron chi connectivity index (χ3n) is 5.01. The first-order valence-corrected chi connectivity index (χ1v) is 10.9. The van der Waals surface area contributed by atoms with Gasteiger partial charge in [0, 0.05) is 18.3 Å². The molecule has 1 atom stereocenters. The molecule has 1 amide bonds. The SMILES string of the molecule is COc1ccc(CC(=O)Nc2ccc(S(=O)(=O)N3CCCCC3C)cc2)cc1. The maximum Gasteiger partial charge on any atom is 0.243 e. The summed E-state index contributed by atoms with van der Waals surface area (Å²) < 4.78 is 32.4. The van der Waals surface area contributed by atoms with Crippen LogP contribution in [0.1, 0.15) is 31.7 Å². The van der Waals surface area contributed by atoms with E-state index in [9.17, 15) is 13.2 Å². The Morgan fingerprint density at radius 1 is 1.11 bits per heavy atom. The number of hydrogen-bond donors (Lipinski definition) is 1. The van der Waals surface area contributed by atoms with Crippen LogP contribution in [0.5, 0.6) is 5.75 Å². The summed E-state index contributed by atoms with van der Waals surface area (Å²) in [7, 11) is -1.91. The van der Waals surface area contributed by atoms with Crippen molar-refractivity contribution in [2.75, 3.05) is 19.0 Å². The number of amides is 1. The maximum absolute atomic E-state index is 12.9. The van der Waals surface area contributed by atoms with Gasteiger partial charge in [-0.2, -0.15) is 4.31 Å². The molecule has 0 aliphatic carbocycles. The minimum atomic E-state index is -3.50. The van der Waals surface area contributed by atoms with Gasteiger partial charge in [-0.3, -0.25) is 4.79 Å². The van der Waals surface area contributed by atoms with Crippen LogP contribution in [-0.4, -0.2) is 38.3 Å². The van der Waals surface area contributed by atoms with Gasteiger partial charge < -0.3 is 10.1 Å². The Morgan fingerprint density at radius 3 is 2.39 bits per heavy atom. The normalized spacial score (nSPS) is 17.9. The van der Waals surface area contributed by atoms with E-state index < -0.39 is 10.0 Å². The topological polar surface area (TPSA) is 75.7 Å². The minimum Gasteiger partial charge on any atom is -0.497 e. The van der Waals surface area contributed by atoms with Crippen molar-refractivity contribution in [1.29, 1.82) is 0 Å². The lowest BCUT2D eigenvalue weighted by atomic mass is 10.1. The van der Waals surface area contributed by atoms with Crippen LogP contribution in [0.15, 0.2) is 53.4 Å². The molecule has 7 heteroatoms. The zero-order valence-electron chi connectivity index (χ0n) is 16.2. The lowest BCUT2D eigenvalue weighted by Gasteiger charge is -2.32. The van der Waals surface area contributed by atoms with E-state index in [0.717, 1.165) is 30.6 Å². The number of ether oxygens (including phenoxy) is 1. The van der Waals surface area contributed by atoms with Gasteiger partial charge in [-0.25, -0.2) is 8.42 Å². The Morgan fingerprint density at radius 2 is 1.79 bits per heavy atom. The third kappa shape index (κ3) is 4.72. The highest BCUT2D eigenvalue weighted by molar-refractivity contribution is 7.89. The first kappa shape index (κ1) is 20.4. The minimum absolute atomic E-state index is 0.0163. The molecule has 0 radical (unpaired) electrons. The van der Waals surface area contributed by atoms with E-state index in [0.29, 0.717) is 12.2 Å². The van der Waals surface area contributed by atoms with Gasteiger partial charge in [-0.05, 0) is 61.7 Å². The van der Waals surface area contributed by atoms with Crippen LogP contribution in [0, 0.1) is 0 Å². The summed E-state index contributed by atoms with van der Waals surface area (Å²) in [5.74, 6) is 0.578. The number of nitrogens with one attached hydrogen (secondary N) is 1. The van der Waals surface area contributed by atoms with Gasteiger partial charge in [0.2, 0.25) is 15.9 Å². The Hall–Kier alpha value is -2.38. The first-order chi connectivity index (χ1) is 13.4. The van der Waals surface area contributed by atoms with Crippen molar-refractivity contribution in [2.45, 2.75) is 43.5 Å². The van der Waals surface area contributed by atoms with Crippen LogP contribution in [-0.2, 0) is 21.2 Å². The second kappa shape index (κ2) is 8.75. The maximum atomic E-state index is 12.9. The van der Waals surface area contributed by atoms with Crippen LogP contribution in [0.3, 0.4) is 0 Å². The van der Waals surface area contributed by atoms with Crippen molar-refractivity contribution in [3.05, 3.63) is 54.1 Å². The molecule has 150 valence electrons. The van der Waals surface area contributed by atoms with E-state index in [1.807, 2.05) is 31.2 Å². The molecule has 0 saturated carbocycles. The highest BCUT2D eigenvalue weighted by Crippen LogP contribution is 2.26. The number of carbonyl (C=O) groups excluding carboxylic acids is 1. The molecule has 6 nitrogen and oxygen atoms in total. The molecule has 0 aromatic heterocycles. The molecule has 1 heterocycles. The molecule has 3 rings (SSSR count). The van der Waals surface area contributed by atoms with E-state index in [-0.39, 0.29) is 23.3 Å². The van der Waals surface area contributed by atoms with Crippen LogP contribution in [0.2, 0.25) is 0 Å². The lowest BCUT2D eigenvalue weighted by Crippen LogP contribution is -2.41. The number of piperidine rings is 1. The van der Waals surface area contributed by atoms with Crippen molar-refractivity contribution < 1.29 is 17.9 Å². The quantitative estimate of drug-likeness (QED) is 0.803.